The van der Waals surface area contributed by atoms with Gasteiger partial charge in [0, 0.05) is 58.6 Å². The number of halogens is 4. The van der Waals surface area contributed by atoms with E-state index in [4.69, 9.17) is 57.2 Å². The fourth-order valence-corrected chi connectivity index (χ4v) is 8.66. The summed E-state index contributed by atoms with van der Waals surface area (Å²) in [5.41, 5.74) is 9.58. The van der Waals surface area contributed by atoms with Crippen LogP contribution in [-0.2, 0) is 6.54 Å². The van der Waals surface area contributed by atoms with Gasteiger partial charge < -0.3 is 26.6 Å². The third-order valence-electron chi connectivity index (χ3n) is 12.0. The van der Waals surface area contributed by atoms with Crippen LogP contribution in [0.3, 0.4) is 0 Å². The molecule has 0 spiro atoms. The molecule has 1 aliphatic heterocycles. The van der Waals surface area contributed by atoms with Crippen molar-refractivity contribution in [3.63, 3.8) is 0 Å². The molecular formula is C51H59Cl4N15O5. The maximum absolute atomic E-state index is 12.7. The normalized spacial score (nSPS) is 13.9. The standard InChI is InChI=1S/C17H20ClN5O2.C17H18ClN5O.C9H12ClNO.C8H9ClN4O/c1-10(2)15-19-9-14-16(25)21-17(22-23(14)15)20-13(7-8-24)11-3-5-12(18)6-4-11;1-10(2)15-19-9-14-16(24)22-8-7-13(20-17(22)21-23(14)15)11-3-5-12(18)6-4-11;10-8-3-1-7(2-4-8)9(11)5-6-12;1-4(2)6-10-3-5-7(14)11-8(9)12-13(5)6/h3-6,9-10,13,24H,7-8H2,1-2H3,(H2,20,21,22,25);3-6,9-10,13H,7-8H2,1-2H3,(H,20,21);1-4,9,12H,5-6,11H2;3-4H,1-2H3,(H,11,12,14)/t2*13-;9-;/m111./s1. The summed E-state index contributed by atoms with van der Waals surface area (Å²) < 4.78 is 6.39. The largest absolute Gasteiger partial charge is 0.396 e. The van der Waals surface area contributed by atoms with Crippen LogP contribution in [0.4, 0.5) is 11.9 Å². The van der Waals surface area contributed by atoms with Gasteiger partial charge in [-0.15, -0.1) is 15.3 Å². The lowest BCUT2D eigenvalue weighted by molar-refractivity contribution is 0.276. The number of nitrogens with two attached hydrogens (primary N) is 1. The van der Waals surface area contributed by atoms with Gasteiger partial charge in [-0.25, -0.2) is 28.5 Å². The van der Waals surface area contributed by atoms with Crippen LogP contribution in [0.25, 0.3) is 16.6 Å². The summed E-state index contributed by atoms with van der Waals surface area (Å²) in [4.78, 5) is 54.3. The molecule has 3 atom stereocenters. The number of nitrogens with one attached hydrogen (secondary N) is 4. The van der Waals surface area contributed by atoms with E-state index in [0.29, 0.717) is 68.7 Å². The second kappa shape index (κ2) is 25.3. The first-order chi connectivity index (χ1) is 35.9. The molecule has 396 valence electrons. The Labute approximate surface area is 450 Å². The van der Waals surface area contributed by atoms with Gasteiger partial charge in [0.1, 0.15) is 17.5 Å². The number of aliphatic hydroxyl groups is 2. The van der Waals surface area contributed by atoms with Crippen LogP contribution >= 0.6 is 46.4 Å². The molecule has 7 heterocycles. The molecule has 0 aliphatic carbocycles. The summed E-state index contributed by atoms with van der Waals surface area (Å²) in [6, 6.07) is 22.3. The van der Waals surface area contributed by atoms with Crippen LogP contribution in [0.15, 0.2) is 106 Å². The molecule has 9 aromatic rings. The molecule has 0 unspecified atom stereocenters. The Morgan fingerprint density at radius 2 is 1.09 bits per heavy atom. The van der Waals surface area contributed by atoms with E-state index in [-0.39, 0.29) is 71.1 Å². The summed E-state index contributed by atoms with van der Waals surface area (Å²) in [5.74, 6) is 3.67. The van der Waals surface area contributed by atoms with Crippen molar-refractivity contribution in [3.8, 4) is 0 Å². The summed E-state index contributed by atoms with van der Waals surface area (Å²) >= 11 is 23.2. The molecule has 1 aliphatic rings. The molecule has 0 amide bonds. The van der Waals surface area contributed by atoms with E-state index < -0.39 is 0 Å². The SMILES string of the molecule is CC(C)c1ncc2c(=O)[nH]c(Cl)nn12.CC(C)c1ncc2c(=O)[nH]c(N[C@H](CCO)c3ccc(Cl)cc3)nn12.CC(C)c1ncc2c(=O)n3c(nn12)N[C@@H](c1ccc(Cl)cc1)CC3.N[C@H](CCO)c1ccc(Cl)cc1. The number of fused-ring (bicyclic) bond motifs is 4. The number of aromatic nitrogens is 12. The molecule has 0 saturated heterocycles. The van der Waals surface area contributed by atoms with E-state index >= 15 is 0 Å². The third-order valence-corrected chi connectivity index (χ3v) is 12.9. The van der Waals surface area contributed by atoms with Gasteiger partial charge in [-0.3, -0.25) is 28.9 Å². The average Bonchev–Trinajstić information content (AvgIpc) is 4.14. The highest BCUT2D eigenvalue weighted by molar-refractivity contribution is 6.31. The predicted molar refractivity (Wildman–Crippen MR) is 294 cm³/mol. The van der Waals surface area contributed by atoms with E-state index in [0.717, 1.165) is 34.8 Å². The first-order valence-electron chi connectivity index (χ1n) is 24.2. The molecule has 0 saturated carbocycles. The molecule has 10 rings (SSSR count). The van der Waals surface area contributed by atoms with Crippen molar-refractivity contribution in [1.82, 2.24) is 58.3 Å². The van der Waals surface area contributed by atoms with Crippen LogP contribution in [0.2, 0.25) is 20.4 Å². The maximum Gasteiger partial charge on any atom is 0.280 e. The number of imidazole rings is 3. The highest BCUT2D eigenvalue weighted by Crippen LogP contribution is 2.28. The topological polar surface area (TPSA) is 269 Å². The Kier molecular flexibility index (Phi) is 18.9. The van der Waals surface area contributed by atoms with E-state index in [1.807, 2.05) is 90.1 Å². The number of anilines is 2. The molecule has 24 heteroatoms. The lowest BCUT2D eigenvalue weighted by Crippen LogP contribution is -2.33. The summed E-state index contributed by atoms with van der Waals surface area (Å²) in [5, 5.41) is 39.8. The third kappa shape index (κ3) is 13.6. The fourth-order valence-electron chi connectivity index (χ4n) is 8.12. The van der Waals surface area contributed by atoms with E-state index in [1.165, 1.54) is 16.9 Å². The second-order valence-electron chi connectivity index (χ2n) is 18.5. The van der Waals surface area contributed by atoms with Crippen molar-refractivity contribution in [3.05, 3.63) is 177 Å². The van der Waals surface area contributed by atoms with Gasteiger partial charge >= 0.3 is 0 Å². The molecule has 6 aromatic heterocycles. The molecule has 8 N–H and O–H groups in total. The zero-order chi connectivity index (χ0) is 54.1. The zero-order valence-corrected chi connectivity index (χ0v) is 45.1. The molecule has 0 fully saturated rings. The highest BCUT2D eigenvalue weighted by Gasteiger charge is 2.24. The summed E-state index contributed by atoms with van der Waals surface area (Å²) in [6.07, 6.45) is 6.50. The lowest BCUT2D eigenvalue weighted by atomic mass is 10.0. The molecule has 0 bridgehead atoms. The minimum absolute atomic E-state index is 0.00487. The number of benzene rings is 3. The first-order valence-corrected chi connectivity index (χ1v) is 25.7. The fraction of sp³-hybridized carbons (Fsp3) is 0.353. The number of hydrogen-bond donors (Lipinski definition) is 7. The van der Waals surface area contributed by atoms with E-state index in [2.05, 4.69) is 50.8 Å². The number of nitrogens with zero attached hydrogens (tertiary/aromatic N) is 10. The quantitative estimate of drug-likeness (QED) is 0.0602. The Hall–Kier alpha value is -6.65. The van der Waals surface area contributed by atoms with E-state index in [1.54, 1.807) is 44.1 Å². The molecular weight excluding hydrogens is 1040 g/mol. The maximum atomic E-state index is 12.7. The van der Waals surface area contributed by atoms with Crippen LogP contribution in [0, 0.1) is 0 Å². The van der Waals surface area contributed by atoms with Crippen LogP contribution in [0.1, 0.15) is 131 Å². The Balaban J connectivity index is 0.000000152. The Morgan fingerprint density at radius 3 is 1.61 bits per heavy atom. The molecule has 0 radical (unpaired) electrons. The monoisotopic (exact) mass is 1100 g/mol. The Morgan fingerprint density at radius 1 is 0.627 bits per heavy atom. The van der Waals surface area contributed by atoms with Gasteiger partial charge in [0.05, 0.1) is 30.7 Å². The van der Waals surface area contributed by atoms with Crippen molar-refractivity contribution in [2.24, 2.45) is 5.73 Å². The molecule has 3 aromatic carbocycles. The first kappa shape index (κ1) is 56.1. The average molecular weight is 1100 g/mol. The minimum atomic E-state index is -0.274. The van der Waals surface area contributed by atoms with Gasteiger partial charge in [-0.2, -0.15) is 0 Å². The number of aromatic amines is 2. The predicted octanol–water partition coefficient (Wildman–Crippen LogP) is 8.87. The second-order valence-corrected chi connectivity index (χ2v) is 20.2. The van der Waals surface area contributed by atoms with Gasteiger partial charge in [0.15, 0.2) is 16.6 Å². The van der Waals surface area contributed by atoms with Gasteiger partial charge in [0.2, 0.25) is 17.2 Å². The highest BCUT2D eigenvalue weighted by atomic mass is 35.5. The van der Waals surface area contributed by atoms with Gasteiger partial charge in [-0.05, 0) is 84.0 Å². The van der Waals surface area contributed by atoms with Crippen molar-refractivity contribution in [1.29, 1.82) is 0 Å². The van der Waals surface area contributed by atoms with E-state index in [9.17, 15) is 19.5 Å². The molecule has 75 heavy (non-hydrogen) atoms. The smallest absolute Gasteiger partial charge is 0.280 e. The summed E-state index contributed by atoms with van der Waals surface area (Å²) in [7, 11) is 0. The van der Waals surface area contributed by atoms with Crippen LogP contribution < -0.4 is 33.0 Å². The van der Waals surface area contributed by atoms with Crippen LogP contribution in [-0.4, -0.2) is 81.8 Å². The van der Waals surface area contributed by atoms with Crippen molar-refractivity contribution in [2.75, 3.05) is 23.8 Å². The molecule has 20 nitrogen and oxygen atoms in total. The number of hydrogen-bond acceptors (Lipinski definition) is 14. The lowest BCUT2D eigenvalue weighted by Gasteiger charge is -2.27. The number of rotatable bonds is 12. The number of H-pyrrole nitrogens is 2. The van der Waals surface area contributed by atoms with Crippen molar-refractivity contribution >= 4 is 74.9 Å². The Bertz CT molecular complexity index is 3520. The zero-order valence-electron chi connectivity index (χ0n) is 42.0. The number of aliphatic hydroxyl groups excluding tert-OH is 2. The van der Waals surface area contributed by atoms with Crippen LogP contribution in [0.5, 0.6) is 0 Å². The van der Waals surface area contributed by atoms with Crippen molar-refractivity contribution in [2.45, 2.75) is 103 Å². The summed E-state index contributed by atoms with van der Waals surface area (Å²) in [6.45, 7) is 12.8. The minimum Gasteiger partial charge on any atom is -0.396 e. The van der Waals surface area contributed by atoms with Crippen molar-refractivity contribution < 1.29 is 10.2 Å². The van der Waals surface area contributed by atoms with Gasteiger partial charge in [0.25, 0.3) is 16.7 Å². The van der Waals surface area contributed by atoms with Gasteiger partial charge in [-0.1, -0.05) is 113 Å².